The monoisotopic (exact) mass is 592 g/mol. The van der Waals surface area contributed by atoms with E-state index in [4.69, 9.17) is 21.7 Å². The highest BCUT2D eigenvalue weighted by Crippen LogP contribution is 2.38. The first kappa shape index (κ1) is 23.5. The van der Waals surface area contributed by atoms with Crippen LogP contribution in [0, 0.1) is 11.3 Å². The molecule has 0 radical (unpaired) electrons. The van der Waals surface area contributed by atoms with Gasteiger partial charge in [-0.25, -0.2) is 0 Å². The predicted octanol–water partition coefficient (Wildman–Crippen LogP) is 6.04. The van der Waals surface area contributed by atoms with Crippen molar-refractivity contribution in [3.05, 3.63) is 66.9 Å². The molecular formula is C23H18Br2N2O3S2. The minimum absolute atomic E-state index is 0.0581. The van der Waals surface area contributed by atoms with E-state index in [0.29, 0.717) is 27.1 Å². The van der Waals surface area contributed by atoms with Crippen LogP contribution < -0.4 is 4.74 Å². The second kappa shape index (κ2) is 10.5. The smallest absolute Gasteiger partial charge is 0.266 e. The summed E-state index contributed by atoms with van der Waals surface area (Å²) in [6.45, 7) is 1.52. The number of carbonyl (C=O) groups is 1. The molecule has 2 heterocycles. The lowest BCUT2D eigenvalue weighted by Gasteiger charge is -2.18. The lowest BCUT2D eigenvalue weighted by Crippen LogP contribution is -2.35. The number of amides is 1. The van der Waals surface area contributed by atoms with Gasteiger partial charge in [0.1, 0.15) is 16.7 Å². The molecule has 4 rings (SSSR count). The minimum atomic E-state index is -0.0869. The first-order valence-corrected chi connectivity index (χ1v) is 12.7. The molecule has 0 unspecified atom stereocenters. The number of hydrogen-bond acceptors (Lipinski definition) is 6. The van der Waals surface area contributed by atoms with Crippen LogP contribution in [0.15, 0.2) is 50.2 Å². The van der Waals surface area contributed by atoms with Crippen LogP contribution in [-0.4, -0.2) is 34.4 Å². The van der Waals surface area contributed by atoms with Gasteiger partial charge in [-0.3, -0.25) is 9.69 Å². The van der Waals surface area contributed by atoms with E-state index in [9.17, 15) is 10.1 Å². The van der Waals surface area contributed by atoms with Crippen LogP contribution in [-0.2, 0) is 16.1 Å². The van der Waals surface area contributed by atoms with E-state index < -0.39 is 0 Å². The maximum atomic E-state index is 12.9. The standard InChI is InChI=1S/C23H18Br2N2O3S2/c24-18-8-14(9-19(25)21(18)30-13-16-5-2-1-4-15(16)11-26)10-20-22(28)27(23(31)32-20)12-17-6-3-7-29-17/h1-2,4-5,8-10,17H,3,6-7,12-13H2/b20-10-/t17-/m0/s1. The molecule has 1 atom stereocenters. The Balaban J connectivity index is 1.49. The van der Waals surface area contributed by atoms with E-state index in [1.54, 1.807) is 11.0 Å². The molecule has 32 heavy (non-hydrogen) atoms. The number of benzene rings is 2. The highest BCUT2D eigenvalue weighted by Gasteiger charge is 2.34. The largest absolute Gasteiger partial charge is 0.486 e. The van der Waals surface area contributed by atoms with Crippen LogP contribution in [0.4, 0.5) is 0 Å². The predicted molar refractivity (Wildman–Crippen MR) is 136 cm³/mol. The Bertz CT molecular complexity index is 1120. The summed E-state index contributed by atoms with van der Waals surface area (Å²) in [5.74, 6) is 0.539. The minimum Gasteiger partial charge on any atom is -0.486 e. The normalized spacial score (nSPS) is 19.6. The molecule has 0 bridgehead atoms. The van der Waals surface area contributed by atoms with E-state index in [1.807, 2.05) is 36.4 Å². The second-order valence-electron chi connectivity index (χ2n) is 7.30. The molecule has 0 saturated carbocycles. The summed E-state index contributed by atoms with van der Waals surface area (Å²) in [7, 11) is 0. The number of hydrogen-bond donors (Lipinski definition) is 0. The van der Waals surface area contributed by atoms with Crippen LogP contribution in [0.1, 0.15) is 29.5 Å². The summed E-state index contributed by atoms with van der Waals surface area (Å²) in [6, 6.07) is 13.3. The lowest BCUT2D eigenvalue weighted by atomic mass is 10.1. The molecule has 0 N–H and O–H groups in total. The van der Waals surface area contributed by atoms with Crippen molar-refractivity contribution in [1.29, 1.82) is 5.26 Å². The Morgan fingerprint density at radius 2 is 2.06 bits per heavy atom. The molecule has 0 spiro atoms. The van der Waals surface area contributed by atoms with Gasteiger partial charge in [-0.05, 0) is 74.5 Å². The third-order valence-electron chi connectivity index (χ3n) is 5.11. The van der Waals surface area contributed by atoms with Gasteiger partial charge in [-0.1, -0.05) is 42.2 Å². The molecule has 2 saturated heterocycles. The van der Waals surface area contributed by atoms with Gasteiger partial charge in [0, 0.05) is 12.2 Å². The SMILES string of the molecule is N#Cc1ccccc1COc1c(Br)cc(/C=C2\SC(=S)N(C[C@@H]3CCCO3)C2=O)cc1Br. The third-order valence-corrected chi connectivity index (χ3v) is 7.67. The Labute approximate surface area is 213 Å². The Hall–Kier alpha value is -1.70. The van der Waals surface area contributed by atoms with Crippen molar-refractivity contribution in [2.75, 3.05) is 13.2 Å². The molecule has 164 valence electrons. The molecule has 2 aromatic rings. The van der Waals surface area contributed by atoms with Crippen molar-refractivity contribution in [2.24, 2.45) is 0 Å². The molecule has 2 aromatic carbocycles. The van der Waals surface area contributed by atoms with Gasteiger partial charge < -0.3 is 9.47 Å². The summed E-state index contributed by atoms with van der Waals surface area (Å²) >= 11 is 13.9. The summed E-state index contributed by atoms with van der Waals surface area (Å²) in [5, 5.41) is 9.26. The molecule has 5 nitrogen and oxygen atoms in total. The number of nitrogens with zero attached hydrogens (tertiary/aromatic N) is 2. The first-order chi connectivity index (χ1) is 15.5. The Morgan fingerprint density at radius 3 is 2.75 bits per heavy atom. The maximum Gasteiger partial charge on any atom is 0.266 e. The molecule has 2 fully saturated rings. The van der Waals surface area contributed by atoms with Gasteiger partial charge >= 0.3 is 0 Å². The average Bonchev–Trinajstić information content (AvgIpc) is 3.37. The van der Waals surface area contributed by atoms with Gasteiger partial charge in [0.2, 0.25) is 0 Å². The molecule has 2 aliphatic heterocycles. The molecule has 0 aliphatic carbocycles. The second-order valence-corrected chi connectivity index (χ2v) is 10.7. The van der Waals surface area contributed by atoms with Gasteiger partial charge in [-0.15, -0.1) is 0 Å². The third kappa shape index (κ3) is 5.26. The molecule has 2 aliphatic rings. The Morgan fingerprint density at radius 1 is 1.31 bits per heavy atom. The van der Waals surface area contributed by atoms with Gasteiger partial charge in [-0.2, -0.15) is 5.26 Å². The number of nitriles is 1. The van der Waals surface area contributed by atoms with E-state index >= 15 is 0 Å². The van der Waals surface area contributed by atoms with E-state index in [0.717, 1.165) is 39.5 Å². The summed E-state index contributed by atoms with van der Waals surface area (Å²) in [6.07, 6.45) is 3.87. The van der Waals surface area contributed by atoms with Crippen molar-refractivity contribution >= 4 is 72.1 Å². The fraction of sp³-hybridized carbons (Fsp3) is 0.261. The van der Waals surface area contributed by atoms with Crippen molar-refractivity contribution < 1.29 is 14.3 Å². The fourth-order valence-corrected chi connectivity index (χ4v) is 6.23. The summed E-state index contributed by atoms with van der Waals surface area (Å²) in [5.41, 5.74) is 2.24. The molecule has 1 amide bonds. The maximum absolute atomic E-state index is 12.9. The van der Waals surface area contributed by atoms with Crippen LogP contribution in [0.5, 0.6) is 5.75 Å². The molecule has 0 aromatic heterocycles. The number of thiocarbonyl (C=S) groups is 1. The van der Waals surface area contributed by atoms with Gasteiger partial charge in [0.25, 0.3) is 5.91 Å². The highest BCUT2D eigenvalue weighted by molar-refractivity contribution is 9.11. The van der Waals surface area contributed by atoms with Crippen LogP contribution in [0.2, 0.25) is 0 Å². The number of ether oxygens (including phenoxy) is 2. The number of rotatable bonds is 6. The van der Waals surface area contributed by atoms with Crippen LogP contribution in [0.3, 0.4) is 0 Å². The first-order valence-electron chi connectivity index (χ1n) is 9.93. The van der Waals surface area contributed by atoms with E-state index in [2.05, 4.69) is 37.9 Å². The zero-order valence-corrected chi connectivity index (χ0v) is 21.7. The average molecular weight is 594 g/mol. The van der Waals surface area contributed by atoms with Gasteiger partial charge in [0.05, 0.1) is 38.1 Å². The fourth-order valence-electron chi connectivity index (χ4n) is 3.51. The zero-order chi connectivity index (χ0) is 22.7. The van der Waals surface area contributed by atoms with Gasteiger partial charge in [0.15, 0.2) is 0 Å². The Kier molecular flexibility index (Phi) is 7.69. The molecule has 9 heteroatoms. The molecular weight excluding hydrogens is 576 g/mol. The van der Waals surface area contributed by atoms with Crippen LogP contribution >= 0.6 is 55.8 Å². The van der Waals surface area contributed by atoms with Crippen molar-refractivity contribution in [3.63, 3.8) is 0 Å². The highest BCUT2D eigenvalue weighted by atomic mass is 79.9. The summed E-state index contributed by atoms with van der Waals surface area (Å²) < 4.78 is 13.7. The quantitative estimate of drug-likeness (QED) is 0.300. The number of carbonyl (C=O) groups excluding carboxylic acids is 1. The topological polar surface area (TPSA) is 62.6 Å². The van der Waals surface area contributed by atoms with E-state index in [-0.39, 0.29) is 18.6 Å². The van der Waals surface area contributed by atoms with Crippen LogP contribution in [0.25, 0.3) is 6.08 Å². The number of halogens is 2. The zero-order valence-electron chi connectivity index (χ0n) is 16.8. The lowest BCUT2D eigenvalue weighted by molar-refractivity contribution is -0.123. The van der Waals surface area contributed by atoms with E-state index in [1.165, 1.54) is 11.8 Å². The van der Waals surface area contributed by atoms with Crippen molar-refractivity contribution in [3.8, 4) is 11.8 Å². The number of thioether (sulfide) groups is 1. The summed E-state index contributed by atoms with van der Waals surface area (Å²) in [4.78, 5) is 15.1. The van der Waals surface area contributed by atoms with Crippen molar-refractivity contribution in [1.82, 2.24) is 4.90 Å². The van der Waals surface area contributed by atoms with Crippen molar-refractivity contribution in [2.45, 2.75) is 25.6 Å².